The molecule has 0 fully saturated rings. The van der Waals surface area contributed by atoms with Crippen LogP contribution in [0.4, 0.5) is 0 Å². The highest BCUT2D eigenvalue weighted by molar-refractivity contribution is 6.38. The third-order valence-electron chi connectivity index (χ3n) is 1.49. The predicted octanol–water partition coefficient (Wildman–Crippen LogP) is -0.288. The molecule has 0 heterocycles. The summed E-state index contributed by atoms with van der Waals surface area (Å²) in [7, 11) is 0. The molecule has 0 unspecified atom stereocenters. The van der Waals surface area contributed by atoms with Crippen molar-refractivity contribution in [1.29, 1.82) is 0 Å². The number of hydrogen-bond acceptors (Lipinski definition) is 4. The first-order valence-corrected chi connectivity index (χ1v) is 3.76. The molecule has 0 rings (SSSR count). The number of Topliss-reactive ketones (excluding diaryl/α,β-unsaturated/α-hetero) is 2. The van der Waals surface area contributed by atoms with Crippen molar-refractivity contribution in [2.45, 2.75) is 26.3 Å². The smallest absolute Gasteiger partial charge is 0.214 e. The molecule has 0 aromatic heterocycles. The largest absolute Gasteiger partial charge is 0.302 e. The van der Waals surface area contributed by atoms with Gasteiger partial charge in [0.2, 0.25) is 5.78 Å². The molecule has 12 heavy (non-hydrogen) atoms. The van der Waals surface area contributed by atoms with Gasteiger partial charge in [0.1, 0.15) is 7.63 Å². The Kier molecular flexibility index (Phi) is 4.23. The second kappa shape index (κ2) is 5.60. The average Bonchev–Trinajstić information content (AvgIpc) is 2.04. The van der Waals surface area contributed by atoms with Gasteiger partial charge in [0, 0.05) is 6.92 Å². The first kappa shape index (κ1) is 9.06. The maximum Gasteiger partial charge on any atom is 0.214 e. The Hall–Kier alpha value is -1.03. The van der Waals surface area contributed by atoms with Crippen LogP contribution in [-0.4, -0.2) is 30.4 Å². The molecule has 4 nitrogen and oxygen atoms in total. The van der Waals surface area contributed by atoms with Gasteiger partial charge in [-0.05, 0) is 6.42 Å². The lowest BCUT2D eigenvalue weighted by Gasteiger charge is -2.10. The summed E-state index contributed by atoms with van der Waals surface area (Å²) < 4.78 is 6.60. The fourth-order valence-corrected chi connectivity index (χ4v) is 0.833. The highest BCUT2D eigenvalue weighted by Crippen LogP contribution is 1.93. The van der Waals surface area contributed by atoms with Crippen molar-refractivity contribution in [3.8, 4) is 0 Å². The van der Waals surface area contributed by atoms with Crippen LogP contribution in [-0.2, 0) is 14.4 Å². The van der Waals surface area contributed by atoms with Gasteiger partial charge in [0.15, 0.2) is 5.78 Å². The molecule has 0 aliphatic carbocycles. The first-order valence-electron chi connectivity index (χ1n) is 4.26. The van der Waals surface area contributed by atoms with Gasteiger partial charge < -0.3 is 10.1 Å². The third-order valence-corrected chi connectivity index (χ3v) is 1.49. The van der Waals surface area contributed by atoms with E-state index >= 15 is 0 Å². The van der Waals surface area contributed by atoms with E-state index in [0.29, 0.717) is 6.42 Å². The molecule has 0 aliphatic rings. The van der Waals surface area contributed by atoms with Crippen molar-refractivity contribution in [2.24, 2.45) is 0 Å². The number of aldehydes is 1. The summed E-state index contributed by atoms with van der Waals surface area (Å²) in [4.78, 5) is 32.0. The van der Waals surface area contributed by atoms with Gasteiger partial charge in [-0.15, -0.1) is 0 Å². The Balaban J connectivity index is 4.10. The van der Waals surface area contributed by atoms with Crippen molar-refractivity contribution in [3.63, 3.8) is 0 Å². The second-order valence-corrected chi connectivity index (χ2v) is 2.41. The zero-order valence-corrected chi connectivity index (χ0v) is 7.22. The van der Waals surface area contributed by atoms with E-state index in [2.05, 4.69) is 5.32 Å². The predicted molar refractivity (Wildman–Crippen MR) is 43.8 cm³/mol. The van der Waals surface area contributed by atoms with Gasteiger partial charge in [0.05, 0.1) is 12.6 Å². The van der Waals surface area contributed by atoms with E-state index in [1.165, 1.54) is 6.92 Å². The van der Waals surface area contributed by atoms with Gasteiger partial charge in [-0.1, -0.05) is 6.92 Å². The third kappa shape index (κ3) is 3.39. The minimum Gasteiger partial charge on any atom is -0.302 e. The Morgan fingerprint density at radius 3 is 2.58 bits per heavy atom. The molecule has 0 radical (unpaired) electrons. The molecule has 0 aliphatic heterocycles. The minimum atomic E-state index is -0.796. The lowest BCUT2D eigenvalue weighted by molar-refractivity contribution is -0.136. The molecular weight excluding hydrogens is 158 g/mol. The quantitative estimate of drug-likeness (QED) is 0.443. The zero-order valence-electron chi connectivity index (χ0n) is 8.22. The van der Waals surface area contributed by atoms with Crippen LogP contribution in [0.5, 0.6) is 0 Å². The normalized spacial score (nSPS) is 13.3. The summed E-state index contributed by atoms with van der Waals surface area (Å²) in [6, 6.07) is -0.633. The summed E-state index contributed by atoms with van der Waals surface area (Å²) in [5, 5.41) is 2.54. The van der Waals surface area contributed by atoms with Crippen LogP contribution in [0.15, 0.2) is 0 Å². The number of nitrogens with one attached hydrogen (secondary N) is 1. The van der Waals surface area contributed by atoms with Crippen molar-refractivity contribution >= 4 is 17.8 Å². The molecule has 68 valence electrons. The van der Waals surface area contributed by atoms with Gasteiger partial charge in [-0.3, -0.25) is 9.59 Å². The van der Waals surface area contributed by atoms with Gasteiger partial charge in [-0.25, -0.2) is 0 Å². The molecule has 1 N–H and O–H groups in total. The van der Waals surface area contributed by atoms with Crippen LogP contribution in [0, 0.1) is 0 Å². The van der Waals surface area contributed by atoms with Crippen LogP contribution in [0.1, 0.15) is 21.6 Å². The summed E-state index contributed by atoms with van der Waals surface area (Å²) in [6.07, 6.45) is -0.360. The van der Waals surface area contributed by atoms with E-state index in [9.17, 15) is 14.4 Å². The fourth-order valence-electron chi connectivity index (χ4n) is 0.833. The standard InChI is InChI=1S/C8H13NO3/c1-3-7(9-4-5-10)8(12)6(2)11/h5,7,9H,3-4H2,1-2H3/t7-/m0/s1/i5T. The van der Waals surface area contributed by atoms with Gasteiger partial charge >= 0.3 is 0 Å². The number of rotatable bonds is 6. The molecule has 1 atom stereocenters. The number of carbonyl (C=O) groups excluding carboxylic acids is 3. The Labute approximate surface area is 72.7 Å². The molecule has 0 saturated heterocycles. The van der Waals surface area contributed by atoms with Crippen LogP contribution in [0.25, 0.3) is 0 Å². The van der Waals surface area contributed by atoms with Gasteiger partial charge in [-0.2, -0.15) is 0 Å². The summed E-state index contributed by atoms with van der Waals surface area (Å²) in [5.41, 5.74) is 0. The average molecular weight is 173 g/mol. The van der Waals surface area contributed by atoms with Crippen LogP contribution < -0.4 is 5.32 Å². The number of ketones is 2. The van der Waals surface area contributed by atoms with Crippen LogP contribution in [0.2, 0.25) is 0 Å². The van der Waals surface area contributed by atoms with Crippen molar-refractivity contribution in [1.82, 2.24) is 5.32 Å². The Morgan fingerprint density at radius 2 is 2.25 bits per heavy atom. The maximum absolute atomic E-state index is 11.1. The summed E-state index contributed by atoms with van der Waals surface area (Å²) in [5.74, 6) is -1.07. The number of hydrogen-bond donors (Lipinski definition) is 1. The molecule has 4 heteroatoms. The van der Waals surface area contributed by atoms with Crippen LogP contribution >= 0.6 is 0 Å². The highest BCUT2D eigenvalue weighted by Gasteiger charge is 2.18. The molecule has 0 amide bonds. The zero-order chi connectivity index (χ0) is 10.4. The van der Waals surface area contributed by atoms with E-state index in [1.807, 2.05) is 0 Å². The second-order valence-electron chi connectivity index (χ2n) is 2.41. The van der Waals surface area contributed by atoms with Crippen molar-refractivity contribution < 1.29 is 15.8 Å². The fraction of sp³-hybridized carbons (Fsp3) is 0.625. The number of carbonyl (C=O) groups is 3. The molecule has 0 aromatic rings. The van der Waals surface area contributed by atoms with Gasteiger partial charge in [0.25, 0.3) is 0 Å². The topological polar surface area (TPSA) is 63.2 Å². The SMILES string of the molecule is [3H]C(=O)CN[C@@H](CC)C(=O)C(C)=O. The van der Waals surface area contributed by atoms with E-state index in [0.717, 1.165) is 0 Å². The summed E-state index contributed by atoms with van der Waals surface area (Å²) >= 11 is 0. The van der Waals surface area contributed by atoms with E-state index in [-0.39, 0.29) is 6.54 Å². The maximum atomic E-state index is 11.1. The first-order chi connectivity index (χ1) is 5.99. The molecule has 0 saturated carbocycles. The monoisotopic (exact) mass is 173 g/mol. The molecular formula is C8H13NO3. The molecule has 0 spiro atoms. The lowest BCUT2D eigenvalue weighted by atomic mass is 10.1. The molecule has 0 aromatic carbocycles. The van der Waals surface area contributed by atoms with Crippen molar-refractivity contribution in [2.75, 3.05) is 6.54 Å². The summed E-state index contributed by atoms with van der Waals surface area (Å²) in [6.45, 7) is 2.72. The van der Waals surface area contributed by atoms with Crippen LogP contribution in [0.3, 0.4) is 0 Å². The lowest BCUT2D eigenvalue weighted by Crippen LogP contribution is -2.40. The van der Waals surface area contributed by atoms with E-state index < -0.39 is 23.9 Å². The Morgan fingerprint density at radius 1 is 1.67 bits per heavy atom. The van der Waals surface area contributed by atoms with E-state index in [4.69, 9.17) is 1.37 Å². The van der Waals surface area contributed by atoms with Crippen molar-refractivity contribution in [3.05, 3.63) is 0 Å². The highest BCUT2D eigenvalue weighted by atomic mass is 16.2. The minimum absolute atomic E-state index is 0.197. The Bertz CT molecular complexity index is 227. The van der Waals surface area contributed by atoms with E-state index in [1.54, 1.807) is 6.92 Å². The molecule has 0 bridgehead atoms.